The second kappa shape index (κ2) is 13.3. The van der Waals surface area contributed by atoms with E-state index in [1.54, 1.807) is 14.1 Å². The van der Waals surface area contributed by atoms with Crippen LogP contribution in [0.1, 0.15) is 0 Å². The molecule has 69 valence electrons. The van der Waals surface area contributed by atoms with Gasteiger partial charge < -0.3 is 60.3 Å². The fourth-order valence-electron chi connectivity index (χ4n) is 0. The normalized spacial score (nSPS) is 6.00. The van der Waals surface area contributed by atoms with Gasteiger partial charge in [-0.25, -0.2) is 0 Å². The first kappa shape index (κ1) is 17.7. The molecule has 0 aromatic rings. The van der Waals surface area contributed by atoms with E-state index in [2.05, 4.69) is 60.3 Å². The summed E-state index contributed by atoms with van der Waals surface area (Å²) in [5.74, 6) is 0. The Morgan fingerprint density at radius 3 is 1.09 bits per heavy atom. The molecule has 0 aromatic heterocycles. The minimum atomic E-state index is 0. The zero-order valence-corrected chi connectivity index (χ0v) is 10.1. The largest absolute Gasteiger partial charge is 2.00 e. The van der Waals surface area contributed by atoms with Crippen molar-refractivity contribution in [2.24, 2.45) is 0 Å². The third-order valence-corrected chi connectivity index (χ3v) is 1.22. The predicted octanol–water partition coefficient (Wildman–Crippen LogP) is 0.0727. The topological polar surface area (TPSA) is 24.1 Å². The number of hydrogen-bond donors (Lipinski definition) is 2. The molecule has 0 heterocycles. The fourth-order valence-corrected chi connectivity index (χ4v) is 0. The molecule has 1 radical (unpaired) electrons. The van der Waals surface area contributed by atoms with Gasteiger partial charge in [-0.05, 0) is 0 Å². The summed E-state index contributed by atoms with van der Waals surface area (Å²) in [6.07, 6.45) is 0. The smallest absolute Gasteiger partial charge is 0.412 e. The molecule has 7 heteroatoms. The minimum absolute atomic E-state index is 0. The van der Waals surface area contributed by atoms with Crippen LogP contribution in [0.5, 0.6) is 0 Å². The van der Waals surface area contributed by atoms with E-state index in [4.69, 9.17) is 0 Å². The van der Waals surface area contributed by atoms with Crippen LogP contribution in [0.15, 0.2) is 0 Å². The summed E-state index contributed by atoms with van der Waals surface area (Å²) in [5, 5.41) is 5.15. The van der Waals surface area contributed by atoms with Crippen molar-refractivity contribution in [2.75, 3.05) is 14.1 Å². The van der Waals surface area contributed by atoms with E-state index in [0.717, 1.165) is 0 Å². The van der Waals surface area contributed by atoms with E-state index < -0.39 is 0 Å². The molecule has 0 atom stereocenters. The summed E-state index contributed by atoms with van der Waals surface area (Å²) in [5.41, 5.74) is 0. The van der Waals surface area contributed by atoms with Gasteiger partial charge in [-0.2, -0.15) is 0 Å². The summed E-state index contributed by atoms with van der Waals surface area (Å²) < 4.78 is 0.843. The van der Waals surface area contributed by atoms with E-state index in [-0.39, 0.29) is 17.1 Å². The van der Waals surface area contributed by atoms with Crippen molar-refractivity contribution >= 4 is 58.3 Å². The molecule has 0 rings (SSSR count). The van der Waals surface area contributed by atoms with Crippen LogP contribution in [-0.2, 0) is 42.3 Å². The van der Waals surface area contributed by atoms with Gasteiger partial charge in [0.2, 0.25) is 0 Å². The summed E-state index contributed by atoms with van der Waals surface area (Å²) in [6.45, 7) is 0. The third-order valence-electron chi connectivity index (χ3n) is 0.408. The molecule has 0 fully saturated rings. The van der Waals surface area contributed by atoms with Gasteiger partial charge in [0.1, 0.15) is 0 Å². The maximum absolute atomic E-state index is 4.40. The molecule has 0 spiro atoms. The van der Waals surface area contributed by atoms with Gasteiger partial charge in [0, 0.05) is 14.1 Å². The Bertz CT molecular complexity index is 105. The first-order chi connectivity index (χ1) is 4.54. The van der Waals surface area contributed by atoms with Crippen molar-refractivity contribution in [3.63, 3.8) is 0 Å². The van der Waals surface area contributed by atoms with Gasteiger partial charge in [0.15, 0.2) is 0 Å². The van der Waals surface area contributed by atoms with E-state index in [0.29, 0.717) is 8.64 Å². The summed E-state index contributed by atoms with van der Waals surface area (Å²) in [6, 6.07) is 0. The number of nitrogens with one attached hydrogen (secondary N) is 2. The Hall–Kier alpha value is 0.739. The number of hydrogen-bond acceptors (Lipinski definition) is 4. The van der Waals surface area contributed by atoms with Gasteiger partial charge in [0.25, 0.3) is 0 Å². The van der Waals surface area contributed by atoms with Gasteiger partial charge in [0.05, 0.1) is 0 Å². The molecule has 11 heavy (non-hydrogen) atoms. The van der Waals surface area contributed by atoms with Gasteiger partial charge in [-0.3, -0.25) is 0 Å². The summed E-state index contributed by atoms with van der Waals surface area (Å²) in [7, 11) is 3.41. The van der Waals surface area contributed by atoms with Crippen LogP contribution in [0, 0.1) is 0 Å². The second-order valence-electron chi connectivity index (χ2n) is 1.07. The first-order valence-corrected chi connectivity index (χ1v) is 3.95. The number of thiocarbonyl (C=S) groups is 2. The predicted molar refractivity (Wildman–Crippen MR) is 58.0 cm³/mol. The molecule has 2 N–H and O–H groups in total. The molecule has 0 aromatic carbocycles. The molecule has 0 aliphatic carbocycles. The van der Waals surface area contributed by atoms with Crippen LogP contribution >= 0.6 is 24.4 Å². The second-order valence-corrected chi connectivity index (χ2v) is 3.22. The molecule has 2 nitrogen and oxygen atoms in total. The quantitative estimate of drug-likeness (QED) is 0.369. The molecule has 0 saturated carbocycles. The first-order valence-electron chi connectivity index (χ1n) is 2.32. The van der Waals surface area contributed by atoms with Gasteiger partial charge in [-0.15, -0.1) is 0 Å². The number of rotatable bonds is 0. The maximum atomic E-state index is 4.40. The Morgan fingerprint density at radius 2 is 1.09 bits per heavy atom. The van der Waals surface area contributed by atoms with Crippen molar-refractivity contribution in [1.82, 2.24) is 10.6 Å². The van der Waals surface area contributed by atoms with E-state index >= 15 is 0 Å². The van der Waals surface area contributed by atoms with Crippen LogP contribution in [0.3, 0.4) is 0 Å². The third kappa shape index (κ3) is 36.5. The molecular formula is C4H8CuN2S4. The van der Waals surface area contributed by atoms with Gasteiger partial charge >= 0.3 is 17.1 Å². The van der Waals surface area contributed by atoms with Crippen LogP contribution < -0.4 is 10.6 Å². The van der Waals surface area contributed by atoms with E-state index in [9.17, 15) is 0 Å². The minimum Gasteiger partial charge on any atom is -0.412 e. The van der Waals surface area contributed by atoms with Crippen LogP contribution in [0.2, 0.25) is 0 Å². The molecule has 0 aliphatic heterocycles. The van der Waals surface area contributed by atoms with Crippen molar-refractivity contribution in [3.8, 4) is 0 Å². The van der Waals surface area contributed by atoms with E-state index in [1.807, 2.05) is 0 Å². The zero-order chi connectivity index (χ0) is 8.57. The Balaban J connectivity index is -0.000000107. The maximum Gasteiger partial charge on any atom is 2.00 e. The Kier molecular flexibility index (Phi) is 21.5. The SMILES string of the molecule is CNC(=S)[S-].CNC(=S)[S-].[Cu+2]. The average molecular weight is 276 g/mol. The zero-order valence-electron chi connectivity index (χ0n) is 5.93. The van der Waals surface area contributed by atoms with Gasteiger partial charge in [-0.1, -0.05) is 8.64 Å². The molecule has 0 saturated heterocycles. The summed E-state index contributed by atoms with van der Waals surface area (Å²) >= 11 is 17.6. The van der Waals surface area contributed by atoms with Crippen molar-refractivity contribution in [2.45, 2.75) is 0 Å². The fraction of sp³-hybridized carbons (Fsp3) is 0.500. The Morgan fingerprint density at radius 1 is 1.00 bits per heavy atom. The van der Waals surface area contributed by atoms with Crippen LogP contribution in [0.25, 0.3) is 0 Å². The van der Waals surface area contributed by atoms with Crippen molar-refractivity contribution < 1.29 is 17.1 Å². The molecular weight excluding hydrogens is 268 g/mol. The average Bonchev–Trinajstić information content (AvgIpc) is 1.89. The Labute approximate surface area is 99.6 Å². The molecule has 0 amide bonds. The van der Waals surface area contributed by atoms with E-state index in [1.165, 1.54) is 0 Å². The molecule has 0 aliphatic rings. The standard InChI is InChI=1S/2C2H5NS2.Cu/c2*1-3-2(4)5;/h2*1H3,(H2,3,4,5);/q;;+2/p-2. The monoisotopic (exact) mass is 275 g/mol. The molecule has 0 bridgehead atoms. The molecule has 0 unspecified atom stereocenters. The van der Waals surface area contributed by atoms with Crippen LogP contribution in [0.4, 0.5) is 0 Å². The van der Waals surface area contributed by atoms with Crippen molar-refractivity contribution in [1.29, 1.82) is 0 Å². The summed E-state index contributed by atoms with van der Waals surface area (Å²) in [4.78, 5) is 0. The van der Waals surface area contributed by atoms with Crippen LogP contribution in [-0.4, -0.2) is 22.7 Å². The van der Waals surface area contributed by atoms with Crippen molar-refractivity contribution in [3.05, 3.63) is 0 Å².